The molecule has 3 heteroatoms. The second kappa shape index (κ2) is 2.99. The van der Waals surface area contributed by atoms with Crippen molar-refractivity contribution in [3.63, 3.8) is 0 Å². The lowest BCUT2D eigenvalue weighted by Gasteiger charge is -2.05. The maximum atomic E-state index is 10.9. The third-order valence-electron chi connectivity index (χ3n) is 2.98. The smallest absolute Gasteiger partial charge is 0.309 e. The van der Waals surface area contributed by atoms with Crippen LogP contribution < -0.4 is 0 Å². The molecule has 2 atom stereocenters. The number of hydrogen-bond donors (Lipinski definition) is 1. The molecule has 0 unspecified atom stereocenters. The maximum absolute atomic E-state index is 10.9. The molecule has 1 saturated carbocycles. The minimum Gasteiger partial charge on any atom is -0.481 e. The van der Waals surface area contributed by atoms with E-state index in [0.29, 0.717) is 11.4 Å². The molecule has 0 amide bonds. The molecule has 2 rings (SSSR count). The van der Waals surface area contributed by atoms with Crippen molar-refractivity contribution in [2.45, 2.75) is 19.3 Å². The Labute approximate surface area is 87.5 Å². The van der Waals surface area contributed by atoms with Gasteiger partial charge in [-0.3, -0.25) is 4.79 Å². The van der Waals surface area contributed by atoms with E-state index in [1.165, 1.54) is 0 Å². The van der Waals surface area contributed by atoms with Crippen LogP contribution in [-0.4, -0.2) is 11.1 Å². The van der Waals surface area contributed by atoms with Crippen LogP contribution in [0.25, 0.3) is 0 Å². The summed E-state index contributed by atoms with van der Waals surface area (Å²) >= 11 is 5.84. The number of hydrogen-bond acceptors (Lipinski definition) is 1. The highest BCUT2D eigenvalue weighted by Crippen LogP contribution is 2.59. The number of rotatable bonds is 2. The zero-order chi connectivity index (χ0) is 10.3. The Hall–Kier alpha value is -1.02. The fourth-order valence-electron chi connectivity index (χ4n) is 1.81. The molecular formula is C11H11ClO2. The maximum Gasteiger partial charge on any atom is 0.309 e. The van der Waals surface area contributed by atoms with Crippen molar-refractivity contribution in [2.24, 2.45) is 5.41 Å². The molecule has 1 fully saturated rings. The van der Waals surface area contributed by atoms with Gasteiger partial charge in [0.05, 0.1) is 5.41 Å². The van der Waals surface area contributed by atoms with Crippen LogP contribution in [0.1, 0.15) is 24.8 Å². The number of aliphatic carboxylic acids is 1. The number of carbonyl (C=O) groups is 1. The first-order valence-electron chi connectivity index (χ1n) is 4.53. The van der Waals surface area contributed by atoms with Crippen LogP contribution in [0.15, 0.2) is 24.3 Å². The average Bonchev–Trinajstić information content (AvgIpc) is 2.80. The summed E-state index contributed by atoms with van der Waals surface area (Å²) in [5.74, 6) is -0.596. The average molecular weight is 211 g/mol. The predicted octanol–water partition coefficient (Wildman–Crippen LogP) is 2.92. The highest BCUT2D eigenvalue weighted by atomic mass is 35.5. The first-order chi connectivity index (χ1) is 6.54. The molecular weight excluding hydrogens is 200 g/mol. The van der Waals surface area contributed by atoms with E-state index in [2.05, 4.69) is 0 Å². The van der Waals surface area contributed by atoms with Crippen molar-refractivity contribution >= 4 is 17.6 Å². The SMILES string of the molecule is C[C@]1(C(=O)O)C[C@@H]1c1cccc(Cl)c1. The summed E-state index contributed by atoms with van der Waals surface area (Å²) < 4.78 is 0. The van der Waals surface area contributed by atoms with Gasteiger partial charge in [-0.2, -0.15) is 0 Å². The number of halogens is 1. The molecule has 0 saturated heterocycles. The Morgan fingerprint density at radius 2 is 2.36 bits per heavy atom. The monoisotopic (exact) mass is 210 g/mol. The minimum atomic E-state index is -0.720. The molecule has 0 bridgehead atoms. The third-order valence-corrected chi connectivity index (χ3v) is 3.21. The molecule has 0 aliphatic heterocycles. The molecule has 74 valence electrons. The van der Waals surface area contributed by atoms with Gasteiger partial charge < -0.3 is 5.11 Å². The Kier molecular flexibility index (Phi) is 2.04. The van der Waals surface area contributed by atoms with Crippen molar-refractivity contribution in [1.29, 1.82) is 0 Å². The Balaban J connectivity index is 2.25. The van der Waals surface area contributed by atoms with E-state index in [0.717, 1.165) is 5.56 Å². The highest BCUT2D eigenvalue weighted by Gasteiger charge is 2.57. The summed E-state index contributed by atoms with van der Waals surface area (Å²) in [6.45, 7) is 1.78. The van der Waals surface area contributed by atoms with Crippen molar-refractivity contribution in [3.8, 4) is 0 Å². The van der Waals surface area contributed by atoms with Crippen molar-refractivity contribution in [1.82, 2.24) is 0 Å². The van der Waals surface area contributed by atoms with Crippen molar-refractivity contribution in [2.75, 3.05) is 0 Å². The van der Waals surface area contributed by atoms with E-state index < -0.39 is 11.4 Å². The predicted molar refractivity (Wildman–Crippen MR) is 54.6 cm³/mol. The van der Waals surface area contributed by atoms with Gasteiger partial charge >= 0.3 is 5.97 Å². The van der Waals surface area contributed by atoms with Gasteiger partial charge in [0.15, 0.2) is 0 Å². The van der Waals surface area contributed by atoms with E-state index in [9.17, 15) is 4.79 Å². The Bertz CT molecular complexity index is 389. The summed E-state index contributed by atoms with van der Waals surface area (Å²) in [4.78, 5) is 10.9. The van der Waals surface area contributed by atoms with Crippen LogP contribution in [0.2, 0.25) is 5.02 Å². The molecule has 1 aliphatic rings. The summed E-state index contributed by atoms with van der Waals surface area (Å²) in [7, 11) is 0. The first-order valence-corrected chi connectivity index (χ1v) is 4.91. The summed E-state index contributed by atoms with van der Waals surface area (Å²) in [6, 6.07) is 7.44. The zero-order valence-electron chi connectivity index (χ0n) is 7.83. The van der Waals surface area contributed by atoms with E-state index in [1.54, 1.807) is 13.0 Å². The highest BCUT2D eigenvalue weighted by molar-refractivity contribution is 6.30. The zero-order valence-corrected chi connectivity index (χ0v) is 8.58. The standard InChI is InChI=1S/C11H11ClO2/c1-11(10(13)14)6-9(11)7-3-2-4-8(12)5-7/h2-5,9H,6H2,1H3,(H,13,14)/t9-,11+/m1/s1. The molecule has 0 radical (unpaired) electrons. The van der Waals surface area contributed by atoms with Gasteiger partial charge in [0, 0.05) is 10.9 Å². The summed E-state index contributed by atoms with van der Waals surface area (Å²) in [5, 5.41) is 9.65. The van der Waals surface area contributed by atoms with Crippen molar-refractivity contribution in [3.05, 3.63) is 34.9 Å². The topological polar surface area (TPSA) is 37.3 Å². The van der Waals surface area contributed by atoms with Crippen LogP contribution >= 0.6 is 11.6 Å². The second-order valence-corrected chi connectivity index (χ2v) is 4.47. The van der Waals surface area contributed by atoms with E-state index >= 15 is 0 Å². The number of carboxylic acid groups (broad SMARTS) is 1. The lowest BCUT2D eigenvalue weighted by atomic mass is 10.0. The largest absolute Gasteiger partial charge is 0.481 e. The van der Waals surface area contributed by atoms with Gasteiger partial charge in [0.2, 0.25) is 0 Å². The van der Waals surface area contributed by atoms with Gasteiger partial charge in [-0.15, -0.1) is 0 Å². The quantitative estimate of drug-likeness (QED) is 0.815. The molecule has 0 aromatic heterocycles. The molecule has 1 aromatic carbocycles. The van der Waals surface area contributed by atoms with Crippen LogP contribution in [0.4, 0.5) is 0 Å². The van der Waals surface area contributed by atoms with E-state index in [4.69, 9.17) is 16.7 Å². The van der Waals surface area contributed by atoms with E-state index in [-0.39, 0.29) is 5.92 Å². The Morgan fingerprint density at radius 3 is 2.86 bits per heavy atom. The van der Waals surface area contributed by atoms with Crippen LogP contribution in [0.5, 0.6) is 0 Å². The summed E-state index contributed by atoms with van der Waals surface area (Å²) in [5.41, 5.74) is 0.451. The lowest BCUT2D eigenvalue weighted by Crippen LogP contribution is -2.12. The van der Waals surface area contributed by atoms with Gasteiger partial charge in [0.1, 0.15) is 0 Å². The molecule has 1 N–H and O–H groups in total. The van der Waals surface area contributed by atoms with Gasteiger partial charge in [-0.25, -0.2) is 0 Å². The van der Waals surface area contributed by atoms with Crippen LogP contribution in [0, 0.1) is 5.41 Å². The second-order valence-electron chi connectivity index (χ2n) is 4.03. The van der Waals surface area contributed by atoms with Gasteiger partial charge in [-0.05, 0) is 31.0 Å². The molecule has 14 heavy (non-hydrogen) atoms. The van der Waals surface area contributed by atoms with Crippen molar-refractivity contribution < 1.29 is 9.90 Å². The first kappa shape index (κ1) is 9.53. The lowest BCUT2D eigenvalue weighted by molar-refractivity contribution is -0.142. The molecule has 0 heterocycles. The number of carboxylic acids is 1. The van der Waals surface area contributed by atoms with Crippen LogP contribution in [-0.2, 0) is 4.79 Å². The molecule has 2 nitrogen and oxygen atoms in total. The Morgan fingerprint density at radius 1 is 1.64 bits per heavy atom. The van der Waals surface area contributed by atoms with Crippen LogP contribution in [0.3, 0.4) is 0 Å². The number of benzene rings is 1. The van der Waals surface area contributed by atoms with Gasteiger partial charge in [-0.1, -0.05) is 23.7 Å². The fraction of sp³-hybridized carbons (Fsp3) is 0.364. The molecule has 1 aliphatic carbocycles. The summed E-state index contributed by atoms with van der Waals surface area (Å²) in [6.07, 6.45) is 0.711. The minimum absolute atomic E-state index is 0.124. The fourth-order valence-corrected chi connectivity index (χ4v) is 2.01. The third kappa shape index (κ3) is 1.40. The molecule has 0 spiro atoms. The normalized spacial score (nSPS) is 30.0. The van der Waals surface area contributed by atoms with E-state index in [1.807, 2.05) is 18.2 Å². The molecule has 1 aromatic rings. The van der Waals surface area contributed by atoms with Gasteiger partial charge in [0.25, 0.3) is 0 Å².